The van der Waals surface area contributed by atoms with Crippen molar-refractivity contribution in [2.75, 3.05) is 0 Å². The Labute approximate surface area is 172 Å². The van der Waals surface area contributed by atoms with E-state index in [1.807, 2.05) is 38.2 Å². The first kappa shape index (κ1) is 20.2. The Hall–Kier alpha value is -0.508. The lowest BCUT2D eigenvalue weighted by atomic mass is 9.94. The van der Waals surface area contributed by atoms with Crippen LogP contribution in [0.5, 0.6) is 0 Å². The number of hydrogen-bond acceptors (Lipinski definition) is 3. The summed E-state index contributed by atoms with van der Waals surface area (Å²) in [6, 6.07) is 8.51. The average molecular weight is 425 g/mol. The maximum Gasteiger partial charge on any atom is 0.356 e. The molecule has 0 aliphatic heterocycles. The van der Waals surface area contributed by atoms with Crippen molar-refractivity contribution in [2.24, 2.45) is 0 Å². The second-order valence-electron chi connectivity index (χ2n) is 8.60. The molecule has 0 N–H and O–H groups in total. The Morgan fingerprint density at radius 2 is 1.35 bits per heavy atom. The molecule has 6 heteroatoms. The third-order valence-corrected chi connectivity index (χ3v) is 11.1. The zero-order chi connectivity index (χ0) is 19.3. The average Bonchev–Trinajstić information content (AvgIpc) is 3.20. The van der Waals surface area contributed by atoms with Crippen LogP contribution in [0.4, 0.5) is 8.78 Å². The van der Waals surface area contributed by atoms with Crippen LogP contribution in [0.15, 0.2) is 24.3 Å². The lowest BCUT2D eigenvalue weighted by molar-refractivity contribution is 0.481. The van der Waals surface area contributed by atoms with Crippen molar-refractivity contribution in [3.8, 4) is 9.75 Å². The zero-order valence-electron chi connectivity index (χ0n) is 16.0. The van der Waals surface area contributed by atoms with Gasteiger partial charge in [0.2, 0.25) is 0 Å². The Kier molecular flexibility index (Phi) is 5.56. The van der Waals surface area contributed by atoms with Gasteiger partial charge in [-0.1, -0.05) is 61.2 Å². The van der Waals surface area contributed by atoms with Gasteiger partial charge in [-0.25, -0.2) is 8.78 Å². The first-order chi connectivity index (χ1) is 12.0. The van der Waals surface area contributed by atoms with Crippen molar-refractivity contribution in [3.05, 3.63) is 45.7 Å². The van der Waals surface area contributed by atoms with E-state index in [2.05, 4.69) is 39.0 Å². The second kappa shape index (κ2) is 7.15. The van der Waals surface area contributed by atoms with Crippen LogP contribution in [-0.4, -0.2) is 15.2 Å². The van der Waals surface area contributed by atoms with Crippen LogP contribution >= 0.6 is 34.0 Å². The van der Waals surface area contributed by atoms with Gasteiger partial charge in [-0.3, -0.25) is 0 Å². The molecule has 0 nitrogen and oxygen atoms in total. The molecule has 0 radical (unpaired) electrons. The molecule has 0 amide bonds. The van der Waals surface area contributed by atoms with Crippen LogP contribution < -0.4 is 7.48 Å². The first-order valence-electron chi connectivity index (χ1n) is 8.63. The van der Waals surface area contributed by atoms with Crippen molar-refractivity contribution in [1.29, 1.82) is 0 Å². The Morgan fingerprint density at radius 1 is 0.731 bits per heavy atom. The predicted molar refractivity (Wildman–Crippen MR) is 116 cm³/mol. The van der Waals surface area contributed by atoms with E-state index >= 15 is 0 Å². The highest BCUT2D eigenvalue weighted by Crippen LogP contribution is 2.41. The zero-order valence-corrected chi connectivity index (χ0v) is 19.9. The summed E-state index contributed by atoms with van der Waals surface area (Å²) in [5, 5.41) is 0. The van der Waals surface area contributed by atoms with E-state index in [9.17, 15) is 8.78 Å². The standard InChI is InChI=1S/C12H11F2S2.C8H11S.Al.H/c1-12(2,3)11-9(14)8(13)10(16-11)7-5-4-6-15-7;1-8(2,3)7-5-4-6-9-7;;/h4-5H,1-3H3;4-5H,1-3H3;;. The number of thiophene rings is 3. The molecule has 0 saturated heterocycles. The van der Waals surface area contributed by atoms with Crippen molar-refractivity contribution in [3.63, 3.8) is 0 Å². The molecular weight excluding hydrogens is 401 g/mol. The molecule has 0 aliphatic rings. The Morgan fingerprint density at radius 3 is 1.88 bits per heavy atom. The molecule has 0 unspecified atom stereocenters. The van der Waals surface area contributed by atoms with Crippen LogP contribution in [0.1, 0.15) is 51.3 Å². The van der Waals surface area contributed by atoms with Crippen LogP contribution in [-0.2, 0) is 10.8 Å². The minimum Gasteiger partial charge on any atom is -0.202 e. The largest absolute Gasteiger partial charge is 0.356 e. The summed E-state index contributed by atoms with van der Waals surface area (Å²) < 4.78 is 31.5. The Bertz CT molecular complexity index is 920. The van der Waals surface area contributed by atoms with E-state index in [1.165, 1.54) is 23.7 Å². The molecule has 3 aromatic rings. The van der Waals surface area contributed by atoms with Gasteiger partial charge in [-0.05, 0) is 23.0 Å². The summed E-state index contributed by atoms with van der Waals surface area (Å²) in [5.74, 6) is -1.38. The predicted octanol–water partition coefficient (Wildman–Crippen LogP) is 5.80. The molecule has 0 saturated carbocycles. The number of rotatable bonds is 3. The van der Waals surface area contributed by atoms with Gasteiger partial charge in [-0.15, -0.1) is 11.3 Å². The molecule has 0 atom stereocenters. The molecular formula is C20H23AlF2S3. The van der Waals surface area contributed by atoms with Crippen LogP contribution in [0.25, 0.3) is 9.75 Å². The number of hydrogen-bond donors (Lipinski definition) is 0. The molecule has 0 aliphatic carbocycles. The minimum atomic E-state index is -0.693. The molecule has 0 bridgehead atoms. The van der Waals surface area contributed by atoms with E-state index in [0.29, 0.717) is 9.75 Å². The van der Waals surface area contributed by atoms with Gasteiger partial charge < -0.3 is 0 Å². The third-order valence-electron chi connectivity index (χ3n) is 4.11. The summed E-state index contributed by atoms with van der Waals surface area (Å²) in [4.78, 5) is 3.18. The number of halogens is 2. The van der Waals surface area contributed by atoms with E-state index in [0.717, 1.165) is 4.88 Å². The van der Waals surface area contributed by atoms with Gasteiger partial charge in [-0.2, -0.15) is 22.7 Å². The highest BCUT2D eigenvalue weighted by atomic mass is 32.1. The normalized spacial score (nSPS) is 12.6. The second-order valence-corrected chi connectivity index (χ2v) is 14.9. The molecule has 3 rings (SSSR count). The van der Waals surface area contributed by atoms with Crippen LogP contribution in [0.2, 0.25) is 0 Å². The summed E-state index contributed by atoms with van der Waals surface area (Å²) in [5.41, 5.74) is -0.206. The maximum absolute atomic E-state index is 14.5. The highest BCUT2D eigenvalue weighted by Gasteiger charge is 2.28. The fourth-order valence-electron chi connectivity index (χ4n) is 2.67. The van der Waals surface area contributed by atoms with Crippen molar-refractivity contribution in [2.45, 2.75) is 52.4 Å². The van der Waals surface area contributed by atoms with Gasteiger partial charge in [0.05, 0.1) is 4.88 Å². The van der Waals surface area contributed by atoms with Crippen LogP contribution in [0.3, 0.4) is 0 Å². The first-order valence-corrected chi connectivity index (χ1v) is 12.5. The van der Waals surface area contributed by atoms with Gasteiger partial charge in [0.25, 0.3) is 0 Å². The van der Waals surface area contributed by atoms with Crippen molar-refractivity contribution < 1.29 is 8.78 Å². The summed E-state index contributed by atoms with van der Waals surface area (Å²) in [6.07, 6.45) is 0. The topological polar surface area (TPSA) is 0 Å². The van der Waals surface area contributed by atoms with Gasteiger partial charge in [0.1, 0.15) is 0 Å². The molecule has 3 aromatic heterocycles. The van der Waals surface area contributed by atoms with E-state index in [-0.39, 0.29) is 10.8 Å². The van der Waals surface area contributed by atoms with E-state index < -0.39 is 26.9 Å². The fraction of sp³-hybridized carbons (Fsp3) is 0.400. The molecule has 26 heavy (non-hydrogen) atoms. The van der Waals surface area contributed by atoms with Crippen molar-refractivity contribution in [1.82, 2.24) is 0 Å². The maximum atomic E-state index is 14.5. The fourth-order valence-corrected chi connectivity index (χ4v) is 9.09. The SMILES string of the molecule is CC(C)(C)c1cc[c]([AlH][c]2ccc(-c3sc(C(C)(C)C)c(F)c3F)s2)s1. The van der Waals surface area contributed by atoms with E-state index in [4.69, 9.17) is 0 Å². The smallest absolute Gasteiger partial charge is 0.202 e. The van der Waals surface area contributed by atoms with E-state index in [1.54, 1.807) is 11.3 Å². The highest BCUT2D eigenvalue weighted by molar-refractivity contribution is 7.31. The quantitative estimate of drug-likeness (QED) is 0.466. The van der Waals surface area contributed by atoms with Gasteiger partial charge >= 0.3 is 15.2 Å². The molecule has 0 aromatic carbocycles. The summed E-state index contributed by atoms with van der Waals surface area (Å²) in [6.45, 7) is 12.4. The van der Waals surface area contributed by atoms with Crippen LogP contribution in [0, 0.1) is 11.6 Å². The molecule has 0 spiro atoms. The monoisotopic (exact) mass is 424 g/mol. The van der Waals surface area contributed by atoms with Gasteiger partial charge in [0.15, 0.2) is 11.6 Å². The lowest BCUT2D eigenvalue weighted by Crippen LogP contribution is -2.21. The molecule has 0 fully saturated rings. The molecule has 3 heterocycles. The van der Waals surface area contributed by atoms with Gasteiger partial charge in [0, 0.05) is 14.6 Å². The third kappa shape index (κ3) is 4.15. The summed E-state index contributed by atoms with van der Waals surface area (Å²) >= 11 is 4.19. The van der Waals surface area contributed by atoms with Crippen molar-refractivity contribution >= 4 is 56.7 Å². The minimum absolute atomic E-state index is 0.179. The molecule has 138 valence electrons. The lowest BCUT2D eigenvalue weighted by Gasteiger charge is -2.15. The Balaban J connectivity index is 1.86. The summed E-state index contributed by atoms with van der Waals surface area (Å²) in [7, 11) is 0.